The largest absolute Gasteiger partial charge is 0.467 e. The molecule has 1 heterocycles. The van der Waals surface area contributed by atoms with Crippen molar-refractivity contribution >= 4 is 29.9 Å². The maximum absolute atomic E-state index is 10.0. The third-order valence-corrected chi connectivity index (χ3v) is 3.35. The van der Waals surface area contributed by atoms with Gasteiger partial charge < -0.3 is 20.2 Å². The second-order valence-corrected chi connectivity index (χ2v) is 6.90. The third-order valence-electron chi connectivity index (χ3n) is 3.35. The highest BCUT2D eigenvalue weighted by atomic mass is 127. The summed E-state index contributed by atoms with van der Waals surface area (Å²) in [6, 6.07) is 3.85. The second kappa shape index (κ2) is 10.9. The van der Waals surface area contributed by atoms with Gasteiger partial charge in [-0.05, 0) is 44.2 Å². The molecule has 0 bridgehead atoms. The number of hydrogen-bond donors (Lipinski definition) is 3. The lowest BCUT2D eigenvalue weighted by Crippen LogP contribution is -2.42. The third kappa shape index (κ3) is 9.86. The summed E-state index contributed by atoms with van der Waals surface area (Å²) < 4.78 is 5.18. The molecule has 0 radical (unpaired) electrons. The number of aliphatic hydroxyl groups is 1. The highest BCUT2D eigenvalue weighted by Gasteiger charge is 2.14. The number of rotatable bonds is 7. The molecule has 0 fully saturated rings. The van der Waals surface area contributed by atoms with E-state index in [0.717, 1.165) is 25.3 Å². The Labute approximate surface area is 157 Å². The summed E-state index contributed by atoms with van der Waals surface area (Å²) in [4.78, 5) is 4.44. The normalized spacial score (nSPS) is 14.8. The molecule has 0 amide bonds. The number of halogens is 1. The van der Waals surface area contributed by atoms with Crippen molar-refractivity contribution in [2.75, 3.05) is 13.1 Å². The molecule has 0 aromatic carbocycles. The number of furan rings is 1. The van der Waals surface area contributed by atoms with Crippen molar-refractivity contribution in [1.82, 2.24) is 10.6 Å². The average molecular weight is 437 g/mol. The Balaban J connectivity index is 0.00000484. The summed E-state index contributed by atoms with van der Waals surface area (Å²) in [6.45, 7) is 12.0. The molecule has 1 rings (SSSR count). The zero-order valence-electron chi connectivity index (χ0n) is 14.9. The van der Waals surface area contributed by atoms with Gasteiger partial charge in [-0.2, -0.15) is 0 Å². The summed E-state index contributed by atoms with van der Waals surface area (Å²) >= 11 is 0. The highest BCUT2D eigenvalue weighted by molar-refractivity contribution is 14.0. The molecule has 1 aromatic rings. The Bertz CT molecular complexity index is 441. The van der Waals surface area contributed by atoms with Gasteiger partial charge >= 0.3 is 0 Å². The lowest BCUT2D eigenvalue weighted by atomic mass is 9.89. The van der Waals surface area contributed by atoms with Crippen LogP contribution in [-0.4, -0.2) is 30.2 Å². The lowest BCUT2D eigenvalue weighted by Gasteiger charge is -2.23. The van der Waals surface area contributed by atoms with E-state index in [1.807, 2.05) is 6.92 Å². The van der Waals surface area contributed by atoms with E-state index < -0.39 is 6.10 Å². The predicted octanol–water partition coefficient (Wildman–Crippen LogP) is 3.70. The fourth-order valence-electron chi connectivity index (χ4n) is 2.02. The van der Waals surface area contributed by atoms with Crippen LogP contribution in [0.2, 0.25) is 0 Å². The van der Waals surface area contributed by atoms with Crippen molar-refractivity contribution < 1.29 is 9.52 Å². The molecule has 0 aliphatic rings. The van der Waals surface area contributed by atoms with Gasteiger partial charge in [0.15, 0.2) is 5.96 Å². The molecular formula is C17H32IN3O2. The Kier molecular flexibility index (Phi) is 10.6. The average Bonchev–Trinajstić information content (AvgIpc) is 2.96. The Morgan fingerprint density at radius 2 is 2.09 bits per heavy atom. The van der Waals surface area contributed by atoms with Crippen molar-refractivity contribution in [1.29, 1.82) is 0 Å². The number of guanidine groups is 1. The van der Waals surface area contributed by atoms with Crippen LogP contribution in [0.5, 0.6) is 0 Å². The minimum absolute atomic E-state index is 0. The van der Waals surface area contributed by atoms with Crippen LogP contribution < -0.4 is 10.6 Å². The molecule has 23 heavy (non-hydrogen) atoms. The predicted molar refractivity (Wildman–Crippen MR) is 106 cm³/mol. The van der Waals surface area contributed by atoms with E-state index in [-0.39, 0.29) is 30.5 Å². The quantitative estimate of drug-likeness (QED) is 0.346. The summed E-state index contributed by atoms with van der Waals surface area (Å²) in [5, 5.41) is 16.6. The standard InChI is InChI=1S/C17H31N3O2.HI/c1-6-18-16(20-13(2)9-10-17(3,4)5)19-12-14(21)15-8-7-11-22-15;/h7-8,11,13-14,21H,6,9-10,12H2,1-5H3,(H2,18,19,20);1H. The van der Waals surface area contributed by atoms with Crippen LogP contribution in [0.4, 0.5) is 0 Å². The molecular weight excluding hydrogens is 405 g/mol. The van der Waals surface area contributed by atoms with Crippen LogP contribution >= 0.6 is 24.0 Å². The Hall–Kier alpha value is -0.760. The van der Waals surface area contributed by atoms with E-state index in [2.05, 4.69) is 43.3 Å². The SMILES string of the molecule is CCNC(=NCC(O)c1ccco1)NC(C)CCC(C)(C)C.I. The zero-order valence-corrected chi connectivity index (χ0v) is 17.3. The lowest BCUT2D eigenvalue weighted by molar-refractivity contribution is 0.158. The first-order valence-corrected chi connectivity index (χ1v) is 8.08. The van der Waals surface area contributed by atoms with E-state index in [1.165, 1.54) is 0 Å². The van der Waals surface area contributed by atoms with Crippen LogP contribution in [0.1, 0.15) is 59.3 Å². The fraction of sp³-hybridized carbons (Fsp3) is 0.706. The molecule has 0 saturated heterocycles. The van der Waals surface area contributed by atoms with Gasteiger partial charge in [-0.25, -0.2) is 0 Å². The second-order valence-electron chi connectivity index (χ2n) is 6.90. The van der Waals surface area contributed by atoms with Crippen LogP contribution in [-0.2, 0) is 0 Å². The number of aliphatic hydroxyl groups excluding tert-OH is 1. The van der Waals surface area contributed by atoms with Crippen molar-refractivity contribution in [3.05, 3.63) is 24.2 Å². The van der Waals surface area contributed by atoms with E-state index in [1.54, 1.807) is 18.4 Å². The molecule has 2 atom stereocenters. The van der Waals surface area contributed by atoms with Crippen LogP contribution in [0.15, 0.2) is 27.8 Å². The molecule has 134 valence electrons. The number of hydrogen-bond acceptors (Lipinski definition) is 3. The summed E-state index contributed by atoms with van der Waals surface area (Å²) in [5.74, 6) is 1.27. The summed E-state index contributed by atoms with van der Waals surface area (Å²) in [7, 11) is 0. The molecule has 0 aliphatic heterocycles. The van der Waals surface area contributed by atoms with Crippen LogP contribution in [0, 0.1) is 5.41 Å². The Morgan fingerprint density at radius 3 is 2.61 bits per heavy atom. The molecule has 5 nitrogen and oxygen atoms in total. The molecule has 0 aliphatic carbocycles. The van der Waals surface area contributed by atoms with E-state index >= 15 is 0 Å². The van der Waals surface area contributed by atoms with E-state index in [9.17, 15) is 5.11 Å². The molecule has 0 spiro atoms. The van der Waals surface area contributed by atoms with Crippen molar-refractivity contribution in [2.45, 2.75) is 59.6 Å². The minimum atomic E-state index is -0.713. The van der Waals surface area contributed by atoms with Crippen molar-refractivity contribution in [2.24, 2.45) is 10.4 Å². The zero-order chi connectivity index (χ0) is 16.6. The number of aliphatic imine (C=N–C) groups is 1. The maximum atomic E-state index is 10.0. The first kappa shape index (κ1) is 22.2. The van der Waals surface area contributed by atoms with Gasteiger partial charge in [0.05, 0.1) is 12.8 Å². The van der Waals surface area contributed by atoms with Gasteiger partial charge in [0.25, 0.3) is 0 Å². The monoisotopic (exact) mass is 437 g/mol. The van der Waals surface area contributed by atoms with Crippen LogP contribution in [0.25, 0.3) is 0 Å². The molecule has 2 unspecified atom stereocenters. The number of nitrogens with one attached hydrogen (secondary N) is 2. The topological polar surface area (TPSA) is 69.8 Å². The smallest absolute Gasteiger partial charge is 0.191 e. The van der Waals surface area contributed by atoms with Gasteiger partial charge in [-0.3, -0.25) is 4.99 Å². The molecule has 0 saturated carbocycles. The van der Waals surface area contributed by atoms with E-state index in [0.29, 0.717) is 17.2 Å². The van der Waals surface area contributed by atoms with Gasteiger partial charge in [-0.1, -0.05) is 20.8 Å². The molecule has 3 N–H and O–H groups in total. The molecule has 6 heteroatoms. The maximum Gasteiger partial charge on any atom is 0.191 e. The van der Waals surface area contributed by atoms with Crippen molar-refractivity contribution in [3.63, 3.8) is 0 Å². The fourth-order valence-corrected chi connectivity index (χ4v) is 2.02. The summed E-state index contributed by atoms with van der Waals surface area (Å²) in [6.07, 6.45) is 3.07. The first-order chi connectivity index (χ1) is 10.3. The van der Waals surface area contributed by atoms with Crippen LogP contribution in [0.3, 0.4) is 0 Å². The minimum Gasteiger partial charge on any atom is -0.467 e. The van der Waals surface area contributed by atoms with Gasteiger partial charge in [0.2, 0.25) is 0 Å². The highest BCUT2D eigenvalue weighted by Crippen LogP contribution is 2.21. The Morgan fingerprint density at radius 1 is 1.39 bits per heavy atom. The number of nitrogens with zero attached hydrogens (tertiary/aromatic N) is 1. The summed E-state index contributed by atoms with van der Waals surface area (Å²) in [5.41, 5.74) is 0.334. The first-order valence-electron chi connectivity index (χ1n) is 8.08. The van der Waals surface area contributed by atoms with Gasteiger partial charge in [0, 0.05) is 12.6 Å². The molecule has 1 aromatic heterocycles. The van der Waals surface area contributed by atoms with Crippen molar-refractivity contribution in [3.8, 4) is 0 Å². The van der Waals surface area contributed by atoms with Gasteiger partial charge in [0.1, 0.15) is 11.9 Å². The van der Waals surface area contributed by atoms with Gasteiger partial charge in [-0.15, -0.1) is 24.0 Å². The van der Waals surface area contributed by atoms with E-state index in [4.69, 9.17) is 4.42 Å².